The van der Waals surface area contributed by atoms with Crippen LogP contribution in [0.3, 0.4) is 0 Å². The molecule has 1 aliphatic rings. The van der Waals surface area contributed by atoms with E-state index in [9.17, 15) is 4.79 Å². The minimum Gasteiger partial charge on any atom is -0.465 e. The molecule has 1 aliphatic heterocycles. The molecule has 0 saturated heterocycles. The van der Waals surface area contributed by atoms with Gasteiger partial charge >= 0.3 is 6.09 Å². The van der Waals surface area contributed by atoms with Crippen molar-refractivity contribution in [2.24, 2.45) is 0 Å². The average molecular weight is 285 g/mol. The first-order chi connectivity index (χ1) is 10.2. The Kier molecular flexibility index (Phi) is 3.65. The van der Waals surface area contributed by atoms with Crippen molar-refractivity contribution in [1.82, 2.24) is 15.3 Å². The highest BCUT2D eigenvalue weighted by atomic mass is 16.4. The van der Waals surface area contributed by atoms with Crippen LogP contribution in [0.5, 0.6) is 0 Å². The van der Waals surface area contributed by atoms with Gasteiger partial charge in [0.1, 0.15) is 0 Å². The molecule has 0 radical (unpaired) electrons. The number of carboxylic acid groups (broad SMARTS) is 1. The number of carbonyl (C=O) groups is 1. The number of fused-ring (bicyclic) bond motifs is 1. The molecule has 1 aromatic heterocycles. The lowest BCUT2D eigenvalue weighted by molar-refractivity contribution is 0.210. The Morgan fingerprint density at radius 2 is 2.00 bits per heavy atom. The topological polar surface area (TPSA) is 99.2 Å². The monoisotopic (exact) mass is 285 g/mol. The molecule has 21 heavy (non-hydrogen) atoms. The first kappa shape index (κ1) is 13.3. The van der Waals surface area contributed by atoms with Gasteiger partial charge in [0, 0.05) is 24.1 Å². The maximum Gasteiger partial charge on any atom is 0.409 e. The van der Waals surface area contributed by atoms with E-state index < -0.39 is 6.09 Å². The molecule has 7 nitrogen and oxygen atoms in total. The van der Waals surface area contributed by atoms with Crippen LogP contribution in [0.15, 0.2) is 30.5 Å². The molecule has 0 saturated carbocycles. The molecule has 7 heteroatoms. The maximum absolute atomic E-state index is 10.5. The quantitative estimate of drug-likeness (QED) is 0.688. The summed E-state index contributed by atoms with van der Waals surface area (Å²) >= 11 is 0. The number of nitrogens with zero attached hydrogens (tertiary/aromatic N) is 2. The fourth-order valence-electron chi connectivity index (χ4n) is 2.18. The third-order valence-electron chi connectivity index (χ3n) is 3.21. The zero-order valence-electron chi connectivity index (χ0n) is 11.3. The van der Waals surface area contributed by atoms with Crippen LogP contribution < -0.4 is 16.0 Å². The molecule has 2 heterocycles. The van der Waals surface area contributed by atoms with Gasteiger partial charge in [0.15, 0.2) is 0 Å². The third kappa shape index (κ3) is 3.26. The largest absolute Gasteiger partial charge is 0.465 e. The first-order valence-corrected chi connectivity index (χ1v) is 6.63. The van der Waals surface area contributed by atoms with Crippen molar-refractivity contribution < 1.29 is 9.90 Å². The van der Waals surface area contributed by atoms with E-state index in [4.69, 9.17) is 5.11 Å². The van der Waals surface area contributed by atoms with Crippen LogP contribution in [0, 0.1) is 0 Å². The fraction of sp³-hybridized carbons (Fsp3) is 0.214. The fourth-order valence-corrected chi connectivity index (χ4v) is 2.18. The number of hydrogen-bond donors (Lipinski definition) is 4. The zero-order valence-corrected chi connectivity index (χ0v) is 11.3. The number of amides is 1. The number of anilines is 3. The van der Waals surface area contributed by atoms with Crippen molar-refractivity contribution in [1.29, 1.82) is 0 Å². The van der Waals surface area contributed by atoms with E-state index >= 15 is 0 Å². The summed E-state index contributed by atoms with van der Waals surface area (Å²) in [4.78, 5) is 19.3. The Hall–Kier alpha value is -2.67. The number of hydrogen-bond acceptors (Lipinski definition) is 5. The maximum atomic E-state index is 10.5. The second kappa shape index (κ2) is 5.76. The summed E-state index contributed by atoms with van der Waals surface area (Å²) in [6.45, 7) is 1.72. The van der Waals surface area contributed by atoms with Gasteiger partial charge in [-0.2, -0.15) is 0 Å². The van der Waals surface area contributed by atoms with Crippen LogP contribution in [0.1, 0.15) is 11.3 Å². The lowest BCUT2D eigenvalue weighted by Crippen LogP contribution is -2.25. The summed E-state index contributed by atoms with van der Waals surface area (Å²) < 4.78 is 0. The molecule has 0 fully saturated rings. The predicted octanol–water partition coefficient (Wildman–Crippen LogP) is 1.96. The van der Waals surface area contributed by atoms with Crippen molar-refractivity contribution in [2.75, 3.05) is 17.2 Å². The molecule has 1 amide bonds. The highest BCUT2D eigenvalue weighted by Gasteiger charge is 2.11. The van der Waals surface area contributed by atoms with Gasteiger partial charge in [-0.15, -0.1) is 0 Å². The smallest absolute Gasteiger partial charge is 0.409 e. The molecule has 2 aromatic rings. The molecule has 0 spiro atoms. The molecule has 108 valence electrons. The number of nitrogens with one attached hydrogen (secondary N) is 3. The van der Waals surface area contributed by atoms with E-state index in [0.717, 1.165) is 30.9 Å². The minimum atomic E-state index is -1.08. The summed E-state index contributed by atoms with van der Waals surface area (Å²) in [5.74, 6) is 0.538. The van der Waals surface area contributed by atoms with Crippen LogP contribution in [0.25, 0.3) is 0 Å². The molecule has 0 bridgehead atoms. The Morgan fingerprint density at radius 1 is 1.24 bits per heavy atom. The number of rotatable bonds is 3. The third-order valence-corrected chi connectivity index (χ3v) is 3.21. The summed E-state index contributed by atoms with van der Waals surface area (Å²) in [5, 5.41) is 17.3. The molecule has 0 aliphatic carbocycles. The van der Waals surface area contributed by atoms with Gasteiger partial charge in [-0.1, -0.05) is 0 Å². The molecular weight excluding hydrogens is 270 g/mol. The van der Waals surface area contributed by atoms with Gasteiger partial charge in [-0.3, -0.25) is 5.32 Å². The predicted molar refractivity (Wildman–Crippen MR) is 78.8 cm³/mol. The second-order valence-electron chi connectivity index (χ2n) is 4.72. The highest BCUT2D eigenvalue weighted by molar-refractivity contribution is 5.83. The Balaban J connectivity index is 1.72. The van der Waals surface area contributed by atoms with Crippen LogP contribution in [0.4, 0.5) is 22.1 Å². The van der Waals surface area contributed by atoms with Gasteiger partial charge in [-0.05, 0) is 42.8 Å². The summed E-state index contributed by atoms with van der Waals surface area (Å²) in [6, 6.07) is 6.89. The van der Waals surface area contributed by atoms with Crippen molar-refractivity contribution in [2.45, 2.75) is 13.0 Å². The number of aromatic nitrogens is 2. The van der Waals surface area contributed by atoms with Crippen molar-refractivity contribution >= 4 is 23.4 Å². The SMILES string of the molecule is O=C(O)Nc1ccc(Nc2ncc3c(n2)CNCC3)cc1. The van der Waals surface area contributed by atoms with E-state index in [-0.39, 0.29) is 0 Å². The average Bonchev–Trinajstić information content (AvgIpc) is 2.49. The molecule has 4 N–H and O–H groups in total. The molecule has 0 unspecified atom stereocenters. The molecule has 1 aromatic carbocycles. The lowest BCUT2D eigenvalue weighted by atomic mass is 10.1. The molecular formula is C14H15N5O2. The second-order valence-corrected chi connectivity index (χ2v) is 4.72. The van der Waals surface area contributed by atoms with Gasteiger partial charge in [0.25, 0.3) is 0 Å². The van der Waals surface area contributed by atoms with Crippen LogP contribution in [-0.2, 0) is 13.0 Å². The van der Waals surface area contributed by atoms with Gasteiger partial charge < -0.3 is 15.7 Å². The Morgan fingerprint density at radius 3 is 2.76 bits per heavy atom. The zero-order chi connectivity index (χ0) is 14.7. The van der Waals surface area contributed by atoms with Crippen molar-refractivity contribution in [3.8, 4) is 0 Å². The van der Waals surface area contributed by atoms with Crippen LogP contribution in [0.2, 0.25) is 0 Å². The Bertz CT molecular complexity index is 657. The Labute approximate surface area is 121 Å². The van der Waals surface area contributed by atoms with Gasteiger partial charge in [0.05, 0.1) is 5.69 Å². The summed E-state index contributed by atoms with van der Waals surface area (Å²) in [6.07, 6.45) is 1.72. The molecule has 0 atom stereocenters. The van der Waals surface area contributed by atoms with Crippen molar-refractivity contribution in [3.63, 3.8) is 0 Å². The van der Waals surface area contributed by atoms with Crippen LogP contribution >= 0.6 is 0 Å². The lowest BCUT2D eigenvalue weighted by Gasteiger charge is -2.16. The van der Waals surface area contributed by atoms with Gasteiger partial charge in [0.2, 0.25) is 5.95 Å². The molecule has 3 rings (SSSR count). The standard InChI is InChI=1S/C14H15N5O2/c20-14(21)18-11-3-1-10(2-4-11)17-13-16-7-9-5-6-15-8-12(9)19-13/h1-4,7,15,18H,5-6,8H2,(H,20,21)(H,16,17,19). The number of benzene rings is 1. The van der Waals surface area contributed by atoms with E-state index in [0.29, 0.717) is 11.6 Å². The summed E-state index contributed by atoms with van der Waals surface area (Å²) in [5.41, 5.74) is 3.52. The first-order valence-electron chi connectivity index (χ1n) is 6.63. The van der Waals surface area contributed by atoms with E-state index in [1.54, 1.807) is 24.3 Å². The minimum absolute atomic E-state index is 0.517. The van der Waals surface area contributed by atoms with Crippen LogP contribution in [-0.4, -0.2) is 27.7 Å². The van der Waals surface area contributed by atoms with E-state index in [2.05, 4.69) is 25.9 Å². The summed E-state index contributed by atoms with van der Waals surface area (Å²) in [7, 11) is 0. The van der Waals surface area contributed by atoms with E-state index in [1.807, 2.05) is 6.20 Å². The van der Waals surface area contributed by atoms with E-state index in [1.165, 1.54) is 5.56 Å². The normalized spacial score (nSPS) is 13.3. The van der Waals surface area contributed by atoms with Crippen molar-refractivity contribution in [3.05, 3.63) is 41.7 Å². The highest BCUT2D eigenvalue weighted by Crippen LogP contribution is 2.18. The van der Waals surface area contributed by atoms with Gasteiger partial charge in [-0.25, -0.2) is 14.8 Å².